The Hall–Kier alpha value is -2.50. The Morgan fingerprint density at radius 3 is 2.43 bits per heavy atom. The minimum Gasteiger partial charge on any atom is -0.299 e. The smallest absolute Gasteiger partial charge is 0.250 e. The van der Waals surface area contributed by atoms with Crippen LogP contribution in [-0.2, 0) is 16.6 Å². The number of sulfonamides is 1. The van der Waals surface area contributed by atoms with Gasteiger partial charge in [-0.25, -0.2) is 13.1 Å². The molecule has 154 valence electrons. The van der Waals surface area contributed by atoms with Crippen molar-refractivity contribution in [2.45, 2.75) is 29.6 Å². The summed E-state index contributed by atoms with van der Waals surface area (Å²) >= 11 is 1.24. The van der Waals surface area contributed by atoms with Crippen molar-refractivity contribution in [2.75, 3.05) is 13.1 Å². The van der Waals surface area contributed by atoms with Crippen LogP contribution >= 0.6 is 11.3 Å². The number of rotatable bonds is 6. The summed E-state index contributed by atoms with van der Waals surface area (Å²) in [6.45, 7) is 2.55. The van der Waals surface area contributed by atoms with Crippen LogP contribution in [0.25, 0.3) is 11.1 Å². The molecular weight excluding hydrogens is 414 g/mol. The third-order valence-electron chi connectivity index (χ3n) is 5.39. The number of hydrogen-bond donors (Lipinski definition) is 1. The van der Waals surface area contributed by atoms with Gasteiger partial charge in [0.2, 0.25) is 10.0 Å². The standard InChI is InChI=1S/C23H23N3O2S2/c24-16-20-4-1-2-5-22(20)19-9-7-18(8-10-19)17-26-13-11-21(12-14-26)25-30(27,28)23-6-3-15-29-23/h1-10,15,21,25H,11-14,17H2. The van der Waals surface area contributed by atoms with Crippen LogP contribution in [0.2, 0.25) is 0 Å². The molecule has 1 aliphatic rings. The van der Waals surface area contributed by atoms with Gasteiger partial charge in [0, 0.05) is 25.7 Å². The van der Waals surface area contributed by atoms with E-state index in [-0.39, 0.29) is 6.04 Å². The first kappa shape index (κ1) is 20.8. The van der Waals surface area contributed by atoms with Crippen LogP contribution in [0.5, 0.6) is 0 Å². The van der Waals surface area contributed by atoms with E-state index in [0.29, 0.717) is 9.77 Å². The molecule has 0 bridgehead atoms. The highest BCUT2D eigenvalue weighted by molar-refractivity contribution is 7.91. The molecule has 0 amide bonds. The van der Waals surface area contributed by atoms with Crippen molar-refractivity contribution in [3.8, 4) is 17.2 Å². The lowest BCUT2D eigenvalue weighted by Crippen LogP contribution is -2.44. The van der Waals surface area contributed by atoms with Gasteiger partial charge < -0.3 is 0 Å². The van der Waals surface area contributed by atoms with Gasteiger partial charge in [-0.15, -0.1) is 11.3 Å². The van der Waals surface area contributed by atoms with Crippen molar-refractivity contribution in [3.05, 3.63) is 77.2 Å². The quantitative estimate of drug-likeness (QED) is 0.626. The Balaban J connectivity index is 1.33. The van der Waals surface area contributed by atoms with Crippen LogP contribution in [0, 0.1) is 11.3 Å². The number of hydrogen-bond acceptors (Lipinski definition) is 5. The molecule has 1 saturated heterocycles. The fraction of sp³-hybridized carbons (Fsp3) is 0.261. The van der Waals surface area contributed by atoms with Crippen LogP contribution in [0.1, 0.15) is 24.0 Å². The SMILES string of the molecule is N#Cc1ccccc1-c1ccc(CN2CCC(NS(=O)(=O)c3cccs3)CC2)cc1. The van der Waals surface area contributed by atoms with E-state index in [1.807, 2.05) is 24.3 Å². The fourth-order valence-corrected chi connectivity index (χ4v) is 6.10. The number of thiophene rings is 1. The molecule has 0 unspecified atom stereocenters. The highest BCUT2D eigenvalue weighted by Crippen LogP contribution is 2.24. The minimum atomic E-state index is -3.40. The summed E-state index contributed by atoms with van der Waals surface area (Å²) in [5, 5.41) is 11.1. The molecule has 0 saturated carbocycles. The number of nitriles is 1. The number of benzene rings is 2. The molecule has 1 aromatic heterocycles. The molecule has 5 nitrogen and oxygen atoms in total. The summed E-state index contributed by atoms with van der Waals surface area (Å²) in [5.74, 6) is 0. The van der Waals surface area contributed by atoms with Crippen molar-refractivity contribution >= 4 is 21.4 Å². The Morgan fingerprint density at radius 2 is 1.77 bits per heavy atom. The van der Waals surface area contributed by atoms with Gasteiger partial charge in [0.1, 0.15) is 4.21 Å². The van der Waals surface area contributed by atoms with E-state index < -0.39 is 10.0 Å². The average molecular weight is 438 g/mol. The molecule has 0 atom stereocenters. The van der Waals surface area contributed by atoms with Crippen LogP contribution in [0.15, 0.2) is 70.3 Å². The highest BCUT2D eigenvalue weighted by atomic mass is 32.2. The predicted molar refractivity (Wildman–Crippen MR) is 120 cm³/mol. The topological polar surface area (TPSA) is 73.2 Å². The van der Waals surface area contributed by atoms with Gasteiger partial charge in [0.05, 0.1) is 11.6 Å². The zero-order valence-corrected chi connectivity index (χ0v) is 18.1. The van der Waals surface area contributed by atoms with Crippen molar-refractivity contribution in [1.29, 1.82) is 5.26 Å². The zero-order chi connectivity index (χ0) is 21.0. The van der Waals surface area contributed by atoms with Gasteiger partial charge in [-0.1, -0.05) is 48.5 Å². The molecule has 4 rings (SSSR count). The second-order valence-electron chi connectivity index (χ2n) is 7.46. The van der Waals surface area contributed by atoms with Crippen molar-refractivity contribution in [1.82, 2.24) is 9.62 Å². The van der Waals surface area contributed by atoms with E-state index in [0.717, 1.165) is 43.6 Å². The molecule has 30 heavy (non-hydrogen) atoms. The predicted octanol–water partition coefficient (Wildman–Crippen LogP) is 4.23. The summed E-state index contributed by atoms with van der Waals surface area (Å²) in [5.41, 5.74) is 3.88. The van der Waals surface area contributed by atoms with E-state index in [9.17, 15) is 13.7 Å². The highest BCUT2D eigenvalue weighted by Gasteiger charge is 2.25. The molecule has 7 heteroatoms. The molecular formula is C23H23N3O2S2. The van der Waals surface area contributed by atoms with E-state index in [4.69, 9.17) is 0 Å². The molecule has 3 aromatic rings. The van der Waals surface area contributed by atoms with E-state index in [1.54, 1.807) is 17.5 Å². The summed E-state index contributed by atoms with van der Waals surface area (Å²) < 4.78 is 28.0. The maximum absolute atomic E-state index is 12.4. The Labute approximate surface area is 181 Å². The number of nitrogens with zero attached hydrogens (tertiary/aromatic N) is 2. The first-order valence-corrected chi connectivity index (χ1v) is 12.3. The van der Waals surface area contributed by atoms with Gasteiger partial charge in [-0.3, -0.25) is 4.90 Å². The third-order valence-corrected chi connectivity index (χ3v) is 8.31. The van der Waals surface area contributed by atoms with Crippen LogP contribution in [0.4, 0.5) is 0 Å². The van der Waals surface area contributed by atoms with Crippen LogP contribution < -0.4 is 4.72 Å². The third kappa shape index (κ3) is 4.79. The van der Waals surface area contributed by atoms with Crippen LogP contribution in [0.3, 0.4) is 0 Å². The van der Waals surface area contributed by atoms with E-state index in [1.165, 1.54) is 16.9 Å². The van der Waals surface area contributed by atoms with E-state index in [2.05, 4.69) is 40.0 Å². The number of likely N-dealkylation sites (tertiary alicyclic amines) is 1. The summed E-state index contributed by atoms with van der Waals surface area (Å²) in [4.78, 5) is 2.36. The zero-order valence-electron chi connectivity index (χ0n) is 16.5. The lowest BCUT2D eigenvalue weighted by atomic mass is 9.99. The molecule has 1 fully saturated rings. The molecule has 0 radical (unpaired) electrons. The number of piperidine rings is 1. The van der Waals surface area contributed by atoms with Gasteiger partial charge in [-0.05, 0) is 47.0 Å². The largest absolute Gasteiger partial charge is 0.299 e. The van der Waals surface area contributed by atoms with Crippen molar-refractivity contribution < 1.29 is 8.42 Å². The second kappa shape index (κ2) is 9.11. The summed E-state index contributed by atoms with van der Waals surface area (Å²) in [6, 6.07) is 21.6. The van der Waals surface area contributed by atoms with Gasteiger partial charge >= 0.3 is 0 Å². The maximum Gasteiger partial charge on any atom is 0.250 e. The molecule has 0 aliphatic carbocycles. The van der Waals surface area contributed by atoms with Crippen molar-refractivity contribution in [2.24, 2.45) is 0 Å². The normalized spacial score (nSPS) is 15.7. The maximum atomic E-state index is 12.4. The van der Waals surface area contributed by atoms with Crippen molar-refractivity contribution in [3.63, 3.8) is 0 Å². The Morgan fingerprint density at radius 1 is 1.03 bits per heavy atom. The molecule has 2 heterocycles. The first-order valence-electron chi connectivity index (χ1n) is 9.92. The number of nitrogens with one attached hydrogen (secondary N) is 1. The minimum absolute atomic E-state index is 0.0155. The van der Waals surface area contributed by atoms with Crippen LogP contribution in [-0.4, -0.2) is 32.4 Å². The fourth-order valence-electron chi connectivity index (χ4n) is 3.78. The van der Waals surface area contributed by atoms with E-state index >= 15 is 0 Å². The lowest BCUT2D eigenvalue weighted by Gasteiger charge is -2.32. The monoisotopic (exact) mass is 437 g/mol. The Bertz CT molecular complexity index is 1130. The molecule has 1 N–H and O–H groups in total. The average Bonchev–Trinajstić information content (AvgIpc) is 3.32. The first-order chi connectivity index (χ1) is 14.5. The van der Waals surface area contributed by atoms with Gasteiger partial charge in [0.25, 0.3) is 0 Å². The molecule has 0 spiro atoms. The Kier molecular flexibility index (Phi) is 6.30. The van der Waals surface area contributed by atoms with Gasteiger partial charge in [0.15, 0.2) is 0 Å². The lowest BCUT2D eigenvalue weighted by molar-refractivity contribution is 0.200. The van der Waals surface area contributed by atoms with Gasteiger partial charge in [-0.2, -0.15) is 5.26 Å². The molecule has 2 aromatic carbocycles. The summed E-state index contributed by atoms with van der Waals surface area (Å²) in [6.07, 6.45) is 1.61. The summed E-state index contributed by atoms with van der Waals surface area (Å²) in [7, 11) is -3.40. The molecule has 1 aliphatic heterocycles. The second-order valence-corrected chi connectivity index (χ2v) is 10.3.